The summed E-state index contributed by atoms with van der Waals surface area (Å²) in [5, 5.41) is 3.42. The third-order valence-corrected chi connectivity index (χ3v) is 6.93. The summed E-state index contributed by atoms with van der Waals surface area (Å²) in [6.07, 6.45) is 0. The topological polar surface area (TPSA) is 81.1 Å². The summed E-state index contributed by atoms with van der Waals surface area (Å²) >= 11 is 1.28. The molecule has 1 heterocycles. The molecule has 0 saturated heterocycles. The second-order valence-corrected chi connectivity index (χ2v) is 11.3. The molecule has 0 aliphatic carbocycles. The zero-order valence-electron chi connectivity index (χ0n) is 21.6. The van der Waals surface area contributed by atoms with E-state index in [0.29, 0.717) is 46.2 Å². The van der Waals surface area contributed by atoms with Gasteiger partial charge in [-0.25, -0.2) is 4.98 Å². The highest BCUT2D eigenvalue weighted by atomic mass is 32.2. The molecule has 1 atom stereocenters. The van der Waals surface area contributed by atoms with E-state index in [-0.39, 0.29) is 23.2 Å². The van der Waals surface area contributed by atoms with Gasteiger partial charge in [-0.05, 0) is 68.0 Å². The Hall–Kier alpha value is -2.93. The highest BCUT2D eigenvalue weighted by Crippen LogP contribution is 2.26. The number of nitrogens with zero attached hydrogens (tertiary/aromatic N) is 2. The molecular weight excluding hydrogens is 458 g/mol. The van der Waals surface area contributed by atoms with Gasteiger partial charge in [-0.3, -0.25) is 19.0 Å². The zero-order chi connectivity index (χ0) is 25.9. The van der Waals surface area contributed by atoms with Gasteiger partial charge in [-0.1, -0.05) is 51.6 Å². The molecule has 0 radical (unpaired) electrons. The Morgan fingerprint density at radius 2 is 1.63 bits per heavy atom. The number of nitrogens with one attached hydrogen (secondary N) is 1. The van der Waals surface area contributed by atoms with E-state index in [1.54, 1.807) is 22.8 Å². The van der Waals surface area contributed by atoms with Gasteiger partial charge in [0.05, 0.1) is 16.2 Å². The Balaban J connectivity index is 2.00. The molecule has 3 rings (SSSR count). The summed E-state index contributed by atoms with van der Waals surface area (Å²) in [6, 6.07) is 10.7. The lowest BCUT2D eigenvalue weighted by Gasteiger charge is -2.18. The quantitative estimate of drug-likeness (QED) is 0.245. The van der Waals surface area contributed by atoms with E-state index in [1.807, 2.05) is 66.7 Å². The van der Waals surface area contributed by atoms with Crippen LogP contribution in [0.15, 0.2) is 46.3 Å². The Morgan fingerprint density at radius 3 is 2.26 bits per heavy atom. The van der Waals surface area contributed by atoms with Crippen LogP contribution in [0.2, 0.25) is 0 Å². The first kappa shape index (κ1) is 26.7. The number of aromatic nitrogens is 2. The first-order chi connectivity index (χ1) is 16.5. The second kappa shape index (κ2) is 11.2. The Morgan fingerprint density at radius 1 is 0.943 bits per heavy atom. The van der Waals surface area contributed by atoms with Crippen LogP contribution in [-0.4, -0.2) is 33.0 Å². The summed E-state index contributed by atoms with van der Waals surface area (Å²) < 4.78 is 1.65. The van der Waals surface area contributed by atoms with Crippen molar-refractivity contribution in [2.45, 2.75) is 65.4 Å². The number of carbonyl (C=O) groups is 2. The van der Waals surface area contributed by atoms with Crippen molar-refractivity contribution >= 4 is 34.4 Å². The van der Waals surface area contributed by atoms with Gasteiger partial charge in [0.15, 0.2) is 10.9 Å². The predicted octanol–water partition coefficient (Wildman–Crippen LogP) is 5.42. The first-order valence-corrected chi connectivity index (χ1v) is 13.0. The highest BCUT2D eigenvalue weighted by molar-refractivity contribution is 8.00. The lowest BCUT2D eigenvalue weighted by molar-refractivity contribution is 0.0948. The number of aryl methyl sites for hydroxylation is 2. The van der Waals surface area contributed by atoms with E-state index in [9.17, 15) is 14.4 Å². The number of Topliss-reactive ketones (excluding diaryl/α,β-unsaturated/α-hetero) is 1. The van der Waals surface area contributed by atoms with Gasteiger partial charge in [-0.2, -0.15) is 0 Å². The average Bonchev–Trinajstić information content (AvgIpc) is 2.80. The monoisotopic (exact) mass is 493 g/mol. The molecule has 1 amide bonds. The van der Waals surface area contributed by atoms with Gasteiger partial charge in [0.2, 0.25) is 0 Å². The summed E-state index contributed by atoms with van der Waals surface area (Å²) in [4.78, 5) is 43.9. The molecule has 1 aromatic heterocycles. The number of amides is 1. The fourth-order valence-corrected chi connectivity index (χ4v) is 4.69. The molecule has 3 aromatic rings. The maximum Gasteiger partial charge on any atom is 0.262 e. The van der Waals surface area contributed by atoms with Gasteiger partial charge < -0.3 is 5.32 Å². The van der Waals surface area contributed by atoms with Gasteiger partial charge in [0, 0.05) is 24.2 Å². The molecule has 186 valence electrons. The molecule has 0 saturated carbocycles. The Labute approximate surface area is 211 Å². The van der Waals surface area contributed by atoms with Crippen molar-refractivity contribution in [2.24, 2.45) is 11.8 Å². The van der Waals surface area contributed by atoms with E-state index in [4.69, 9.17) is 4.98 Å². The van der Waals surface area contributed by atoms with Crippen LogP contribution in [0.5, 0.6) is 0 Å². The van der Waals surface area contributed by atoms with Crippen molar-refractivity contribution in [3.05, 3.63) is 69.0 Å². The third-order valence-electron chi connectivity index (χ3n) is 5.84. The lowest BCUT2D eigenvalue weighted by atomic mass is 10.0. The van der Waals surface area contributed by atoms with Crippen LogP contribution in [0.4, 0.5) is 0 Å². The van der Waals surface area contributed by atoms with E-state index >= 15 is 0 Å². The predicted molar refractivity (Wildman–Crippen MR) is 144 cm³/mol. The molecule has 0 fully saturated rings. The molecule has 0 bridgehead atoms. The van der Waals surface area contributed by atoms with Crippen molar-refractivity contribution in [1.82, 2.24) is 14.9 Å². The van der Waals surface area contributed by atoms with Crippen molar-refractivity contribution in [1.29, 1.82) is 0 Å². The van der Waals surface area contributed by atoms with Crippen LogP contribution >= 0.6 is 11.8 Å². The molecular formula is C28H35N3O3S. The smallest absolute Gasteiger partial charge is 0.262 e. The fourth-order valence-electron chi connectivity index (χ4n) is 3.70. The van der Waals surface area contributed by atoms with Crippen LogP contribution in [-0.2, 0) is 6.54 Å². The number of fused-ring (bicyclic) bond motifs is 1. The number of hydrogen-bond acceptors (Lipinski definition) is 5. The highest BCUT2D eigenvalue weighted by Gasteiger charge is 2.22. The summed E-state index contributed by atoms with van der Waals surface area (Å²) in [5.41, 5.74) is 3.61. The molecule has 1 N–H and O–H groups in total. The minimum atomic E-state index is -0.433. The number of ketones is 1. The standard InChI is InChI=1S/C28H35N3O3S/c1-16(2)14-29-26(33)22-10-11-23-24(13-22)30-28(31(27(23)34)15-17(3)4)35-20(7)25(32)21-9-8-18(5)19(6)12-21/h8-13,16-17,20H,14-15H2,1-7H3,(H,29,33)/t20-/m1/s1. The van der Waals surface area contributed by atoms with Crippen molar-refractivity contribution < 1.29 is 9.59 Å². The Kier molecular flexibility index (Phi) is 8.54. The fraction of sp³-hybridized carbons (Fsp3) is 0.429. The van der Waals surface area contributed by atoms with E-state index in [0.717, 1.165) is 11.1 Å². The number of hydrogen-bond donors (Lipinski definition) is 1. The van der Waals surface area contributed by atoms with Crippen LogP contribution in [0.1, 0.15) is 66.5 Å². The van der Waals surface area contributed by atoms with Crippen molar-refractivity contribution in [2.75, 3.05) is 6.54 Å². The molecule has 35 heavy (non-hydrogen) atoms. The van der Waals surface area contributed by atoms with Gasteiger partial charge in [0.1, 0.15) is 0 Å². The number of thioether (sulfide) groups is 1. The molecule has 0 aliphatic heterocycles. The minimum absolute atomic E-state index is 0.00893. The van der Waals surface area contributed by atoms with Gasteiger partial charge in [-0.15, -0.1) is 0 Å². The molecule has 2 aromatic carbocycles. The maximum absolute atomic E-state index is 13.4. The minimum Gasteiger partial charge on any atom is -0.352 e. The van der Waals surface area contributed by atoms with Crippen LogP contribution < -0.4 is 10.9 Å². The summed E-state index contributed by atoms with van der Waals surface area (Å²) in [5.74, 6) is 0.352. The number of benzene rings is 2. The summed E-state index contributed by atoms with van der Waals surface area (Å²) in [6.45, 7) is 15.0. The van der Waals surface area contributed by atoms with Crippen molar-refractivity contribution in [3.8, 4) is 0 Å². The maximum atomic E-state index is 13.4. The van der Waals surface area contributed by atoms with Gasteiger partial charge >= 0.3 is 0 Å². The average molecular weight is 494 g/mol. The van der Waals surface area contributed by atoms with Crippen molar-refractivity contribution in [3.63, 3.8) is 0 Å². The molecule has 0 spiro atoms. The largest absolute Gasteiger partial charge is 0.352 e. The van der Waals surface area contributed by atoms with Crippen LogP contribution in [0.25, 0.3) is 10.9 Å². The zero-order valence-corrected chi connectivity index (χ0v) is 22.5. The number of carbonyl (C=O) groups excluding carboxylic acids is 2. The second-order valence-electron chi connectivity index (χ2n) is 9.96. The van der Waals surface area contributed by atoms with E-state index in [1.165, 1.54) is 11.8 Å². The summed E-state index contributed by atoms with van der Waals surface area (Å²) in [7, 11) is 0. The first-order valence-electron chi connectivity index (χ1n) is 12.1. The normalized spacial score (nSPS) is 12.4. The van der Waals surface area contributed by atoms with E-state index < -0.39 is 5.25 Å². The molecule has 6 nitrogen and oxygen atoms in total. The van der Waals surface area contributed by atoms with Gasteiger partial charge in [0.25, 0.3) is 11.5 Å². The van der Waals surface area contributed by atoms with Crippen LogP contribution in [0.3, 0.4) is 0 Å². The molecule has 0 aliphatic rings. The van der Waals surface area contributed by atoms with Crippen LogP contribution in [0, 0.1) is 25.7 Å². The van der Waals surface area contributed by atoms with E-state index in [2.05, 4.69) is 5.32 Å². The third kappa shape index (κ3) is 6.40. The molecule has 7 heteroatoms. The SMILES string of the molecule is Cc1ccc(C(=O)[C@@H](C)Sc2nc3cc(C(=O)NCC(C)C)ccc3c(=O)n2CC(C)C)cc1C. The Bertz CT molecular complexity index is 1310. The number of rotatable bonds is 9. The lowest BCUT2D eigenvalue weighted by Crippen LogP contribution is -2.28. The molecule has 0 unspecified atom stereocenters.